The fourth-order valence-electron chi connectivity index (χ4n) is 4.48. The van der Waals surface area contributed by atoms with Gasteiger partial charge in [-0.05, 0) is 18.2 Å². The molecule has 31 heavy (non-hydrogen) atoms. The smallest absolute Gasteiger partial charge is 0.331 e. The molecule has 8 nitrogen and oxygen atoms in total. The second-order valence-electron chi connectivity index (χ2n) is 7.53. The second-order valence-corrected chi connectivity index (χ2v) is 7.53. The van der Waals surface area contributed by atoms with Gasteiger partial charge in [-0.2, -0.15) is 0 Å². The summed E-state index contributed by atoms with van der Waals surface area (Å²) in [5.41, 5.74) is 3.33. The molecule has 0 radical (unpaired) electrons. The average Bonchev–Trinajstić information content (AvgIpc) is 3.21. The molecule has 3 heterocycles. The van der Waals surface area contributed by atoms with Crippen molar-refractivity contribution in [2.45, 2.75) is 6.04 Å². The van der Waals surface area contributed by atoms with Gasteiger partial charge >= 0.3 is 5.69 Å². The van der Waals surface area contributed by atoms with Gasteiger partial charge in [0.2, 0.25) is 0 Å². The van der Waals surface area contributed by atoms with Gasteiger partial charge in [0.05, 0.1) is 48.2 Å². The van der Waals surface area contributed by atoms with E-state index >= 15 is 0 Å². The van der Waals surface area contributed by atoms with Gasteiger partial charge in [-0.25, -0.2) is 4.79 Å². The van der Waals surface area contributed by atoms with Gasteiger partial charge in [-0.15, -0.1) is 0 Å². The molecule has 1 aliphatic heterocycles. The highest BCUT2D eigenvalue weighted by Gasteiger charge is 2.33. The number of fused-ring (bicyclic) bond motifs is 5. The summed E-state index contributed by atoms with van der Waals surface area (Å²) < 4.78 is 15.9. The number of methoxy groups -OCH3 is 2. The molecule has 0 amide bonds. The Balaban J connectivity index is 1.93. The van der Waals surface area contributed by atoms with Gasteiger partial charge < -0.3 is 19.4 Å². The summed E-state index contributed by atoms with van der Waals surface area (Å²) in [6.07, 6.45) is 1.81. The zero-order valence-electron chi connectivity index (χ0n) is 17.7. The lowest BCUT2D eigenvalue weighted by Gasteiger charge is -2.31. The third-order valence-corrected chi connectivity index (χ3v) is 5.94. The van der Waals surface area contributed by atoms with Crippen molar-refractivity contribution in [1.29, 1.82) is 0 Å². The zero-order chi connectivity index (χ0) is 21.9. The number of ether oxygens (including phenoxy) is 2. The molecule has 1 aliphatic rings. The topological polar surface area (TPSA) is 79.4 Å². The van der Waals surface area contributed by atoms with Gasteiger partial charge in [0.1, 0.15) is 0 Å². The molecule has 0 bridgehead atoms. The SMILES string of the molecule is COc1cccc(C2Nc3ccccc3-n3cc4c(=O)n(C)c(=O)n(C)c4c32)c1OC. The van der Waals surface area contributed by atoms with E-state index in [0.29, 0.717) is 22.4 Å². The summed E-state index contributed by atoms with van der Waals surface area (Å²) in [7, 11) is 6.37. The van der Waals surface area contributed by atoms with Crippen molar-refractivity contribution in [3.05, 3.63) is 80.8 Å². The molecular weight excluding hydrogens is 396 g/mol. The number of para-hydroxylation sites is 3. The number of hydrogen-bond donors (Lipinski definition) is 1. The maximum atomic E-state index is 13.0. The van der Waals surface area contributed by atoms with Gasteiger partial charge in [0.25, 0.3) is 5.56 Å². The van der Waals surface area contributed by atoms with Crippen molar-refractivity contribution in [3.63, 3.8) is 0 Å². The Hall–Kier alpha value is -3.94. The summed E-state index contributed by atoms with van der Waals surface area (Å²) >= 11 is 0. The van der Waals surface area contributed by atoms with E-state index in [9.17, 15) is 9.59 Å². The molecule has 0 aliphatic carbocycles. The van der Waals surface area contributed by atoms with Crippen LogP contribution in [-0.2, 0) is 14.1 Å². The molecule has 4 aromatic rings. The van der Waals surface area contributed by atoms with Crippen molar-refractivity contribution in [3.8, 4) is 17.2 Å². The highest BCUT2D eigenvalue weighted by atomic mass is 16.5. The lowest BCUT2D eigenvalue weighted by Crippen LogP contribution is -2.37. The number of hydrogen-bond acceptors (Lipinski definition) is 5. The van der Waals surface area contributed by atoms with Crippen molar-refractivity contribution < 1.29 is 9.47 Å². The zero-order valence-corrected chi connectivity index (χ0v) is 17.7. The molecule has 0 saturated carbocycles. The third-order valence-electron chi connectivity index (χ3n) is 5.94. The Labute approximate surface area is 177 Å². The molecule has 158 valence electrons. The fraction of sp³-hybridized carbons (Fsp3) is 0.217. The maximum Gasteiger partial charge on any atom is 0.331 e. The monoisotopic (exact) mass is 418 g/mol. The quantitative estimate of drug-likeness (QED) is 0.553. The van der Waals surface area contributed by atoms with Crippen molar-refractivity contribution in [1.82, 2.24) is 13.7 Å². The third kappa shape index (κ3) is 2.54. The average molecular weight is 418 g/mol. The number of benzene rings is 2. The first-order chi connectivity index (χ1) is 15.0. The first-order valence-electron chi connectivity index (χ1n) is 9.85. The minimum Gasteiger partial charge on any atom is -0.493 e. The molecular formula is C23H22N4O4. The summed E-state index contributed by atoms with van der Waals surface area (Å²) in [6, 6.07) is 13.2. The second kappa shape index (κ2) is 6.80. The Morgan fingerprint density at radius 3 is 2.45 bits per heavy atom. The molecule has 8 heteroatoms. The van der Waals surface area contributed by atoms with E-state index < -0.39 is 0 Å². The van der Waals surface area contributed by atoms with E-state index in [1.54, 1.807) is 21.3 Å². The number of aromatic nitrogens is 3. The molecule has 2 aromatic heterocycles. The van der Waals surface area contributed by atoms with Crippen LogP contribution in [0.4, 0.5) is 5.69 Å². The van der Waals surface area contributed by atoms with Crippen LogP contribution < -0.4 is 26.0 Å². The first kappa shape index (κ1) is 19.0. The fourth-order valence-corrected chi connectivity index (χ4v) is 4.48. The summed E-state index contributed by atoms with van der Waals surface area (Å²) in [5, 5.41) is 4.05. The largest absolute Gasteiger partial charge is 0.493 e. The van der Waals surface area contributed by atoms with E-state index in [1.807, 2.05) is 53.2 Å². The number of aryl methyl sites for hydroxylation is 1. The summed E-state index contributed by atoms with van der Waals surface area (Å²) in [5.74, 6) is 1.20. The van der Waals surface area contributed by atoms with Gasteiger partial charge in [-0.1, -0.05) is 24.3 Å². The number of rotatable bonds is 3. The highest BCUT2D eigenvalue weighted by molar-refractivity contribution is 5.86. The van der Waals surface area contributed by atoms with Gasteiger partial charge in [0.15, 0.2) is 11.5 Å². The van der Waals surface area contributed by atoms with Crippen molar-refractivity contribution in [2.24, 2.45) is 14.1 Å². The molecule has 1 atom stereocenters. The van der Waals surface area contributed by atoms with Crippen molar-refractivity contribution >= 4 is 16.6 Å². The minimum absolute atomic E-state index is 0.325. The summed E-state index contributed by atoms with van der Waals surface area (Å²) in [4.78, 5) is 25.7. The van der Waals surface area contributed by atoms with E-state index in [2.05, 4.69) is 5.32 Å². The van der Waals surface area contributed by atoms with Crippen LogP contribution in [-0.4, -0.2) is 27.9 Å². The molecule has 2 aromatic carbocycles. The van der Waals surface area contributed by atoms with Crippen LogP contribution in [0.3, 0.4) is 0 Å². The van der Waals surface area contributed by atoms with Crippen LogP contribution in [0, 0.1) is 0 Å². The predicted octanol–water partition coefficient (Wildman–Crippen LogP) is 2.56. The highest BCUT2D eigenvalue weighted by Crippen LogP contribution is 2.44. The molecule has 1 unspecified atom stereocenters. The van der Waals surface area contributed by atoms with Crippen LogP contribution in [0.15, 0.2) is 58.3 Å². The predicted molar refractivity (Wildman–Crippen MR) is 119 cm³/mol. The Morgan fingerprint density at radius 2 is 1.71 bits per heavy atom. The Bertz CT molecular complexity index is 1460. The Morgan fingerprint density at radius 1 is 0.935 bits per heavy atom. The normalized spacial score (nSPS) is 14.6. The molecule has 1 N–H and O–H groups in total. The van der Waals surface area contributed by atoms with Crippen LogP contribution in [0.2, 0.25) is 0 Å². The molecule has 5 rings (SSSR count). The maximum absolute atomic E-state index is 13.0. The molecule has 0 saturated heterocycles. The lowest BCUT2D eigenvalue weighted by atomic mass is 9.98. The number of nitrogens with zero attached hydrogens (tertiary/aromatic N) is 3. The van der Waals surface area contributed by atoms with Crippen LogP contribution >= 0.6 is 0 Å². The summed E-state index contributed by atoms with van der Waals surface area (Å²) in [6.45, 7) is 0. The Kier molecular flexibility index (Phi) is 4.18. The van der Waals surface area contributed by atoms with Crippen LogP contribution in [0.5, 0.6) is 11.5 Å². The lowest BCUT2D eigenvalue weighted by molar-refractivity contribution is 0.351. The first-order valence-corrected chi connectivity index (χ1v) is 9.85. The standard InChI is InChI=1S/C23H22N4O4/c1-25-19-14(22(28)26(2)23(25)29)12-27-16-10-6-5-9-15(16)24-18(20(19)27)13-8-7-11-17(30-3)21(13)31-4/h5-12,18,24H,1-4H3. The van der Waals surface area contributed by atoms with E-state index in [1.165, 1.54) is 11.6 Å². The van der Waals surface area contributed by atoms with E-state index in [0.717, 1.165) is 27.2 Å². The minimum atomic E-state index is -0.379. The van der Waals surface area contributed by atoms with E-state index in [-0.39, 0.29) is 17.3 Å². The van der Waals surface area contributed by atoms with Gasteiger partial charge in [-0.3, -0.25) is 13.9 Å². The number of nitrogens with one attached hydrogen (secondary N) is 1. The van der Waals surface area contributed by atoms with Crippen molar-refractivity contribution in [2.75, 3.05) is 19.5 Å². The van der Waals surface area contributed by atoms with Crippen LogP contribution in [0.1, 0.15) is 17.3 Å². The molecule has 0 spiro atoms. The number of anilines is 1. The molecule has 0 fully saturated rings. The van der Waals surface area contributed by atoms with E-state index in [4.69, 9.17) is 9.47 Å². The van der Waals surface area contributed by atoms with Crippen LogP contribution in [0.25, 0.3) is 16.6 Å². The van der Waals surface area contributed by atoms with Gasteiger partial charge in [0, 0.05) is 25.9 Å².